The van der Waals surface area contributed by atoms with Crippen LogP contribution in [0.15, 0.2) is 60.8 Å². The van der Waals surface area contributed by atoms with Crippen molar-refractivity contribution < 1.29 is 9.90 Å². The topological polar surface area (TPSA) is 66.3 Å². The van der Waals surface area contributed by atoms with Crippen LogP contribution in [-0.2, 0) is 0 Å². The summed E-state index contributed by atoms with van der Waals surface area (Å²) in [6.07, 6.45) is 1.36. The molecule has 5 heteroatoms. The van der Waals surface area contributed by atoms with Crippen molar-refractivity contribution in [3.63, 3.8) is 0 Å². The molecule has 2 aromatic carbocycles. The number of aromatic nitrogens is 2. The van der Waals surface area contributed by atoms with E-state index in [1.54, 1.807) is 11.9 Å². The maximum Gasteiger partial charge on any atom is 0.341 e. The van der Waals surface area contributed by atoms with Gasteiger partial charge in [0.15, 0.2) is 11.6 Å². The first kappa shape index (κ1) is 15.7. The largest absolute Gasteiger partial charge is 0.477 e. The van der Waals surface area contributed by atoms with Gasteiger partial charge in [0.1, 0.15) is 5.56 Å². The minimum absolute atomic E-state index is 0.0674. The molecule has 0 radical (unpaired) electrons. The second-order valence-electron chi connectivity index (χ2n) is 5.50. The number of hydrogen-bond acceptors (Lipinski definition) is 4. The molecule has 0 spiro atoms. The van der Waals surface area contributed by atoms with Crippen molar-refractivity contribution >= 4 is 17.5 Å². The number of benzene rings is 2. The Kier molecular flexibility index (Phi) is 4.24. The van der Waals surface area contributed by atoms with E-state index < -0.39 is 5.97 Å². The Morgan fingerprint density at radius 3 is 2.50 bits per heavy atom. The molecule has 0 aliphatic rings. The molecule has 120 valence electrons. The van der Waals surface area contributed by atoms with Gasteiger partial charge in [0.05, 0.1) is 0 Å². The van der Waals surface area contributed by atoms with E-state index in [0.717, 1.165) is 16.8 Å². The van der Waals surface area contributed by atoms with Crippen LogP contribution in [0.25, 0.3) is 11.4 Å². The van der Waals surface area contributed by atoms with Gasteiger partial charge in [-0.2, -0.15) is 0 Å². The highest BCUT2D eigenvalue weighted by Gasteiger charge is 2.18. The average Bonchev–Trinajstić information content (AvgIpc) is 2.61. The summed E-state index contributed by atoms with van der Waals surface area (Å²) >= 11 is 0. The first-order chi connectivity index (χ1) is 11.6. The normalized spacial score (nSPS) is 10.4. The lowest BCUT2D eigenvalue weighted by Gasteiger charge is -2.20. The second kappa shape index (κ2) is 6.50. The molecule has 1 heterocycles. The summed E-state index contributed by atoms with van der Waals surface area (Å²) in [5.41, 5.74) is 2.87. The van der Waals surface area contributed by atoms with E-state index in [1.165, 1.54) is 6.20 Å². The molecule has 0 aliphatic carbocycles. The van der Waals surface area contributed by atoms with Gasteiger partial charge in [-0.3, -0.25) is 0 Å². The Morgan fingerprint density at radius 2 is 1.83 bits per heavy atom. The van der Waals surface area contributed by atoms with Gasteiger partial charge in [0, 0.05) is 24.5 Å². The van der Waals surface area contributed by atoms with E-state index in [0.29, 0.717) is 11.6 Å². The van der Waals surface area contributed by atoms with Gasteiger partial charge in [-0.15, -0.1) is 0 Å². The smallest absolute Gasteiger partial charge is 0.341 e. The SMILES string of the molecule is Cc1cccc(-c2ncc(C(=O)O)c(N(C)c3ccccc3)n2)c1. The van der Waals surface area contributed by atoms with E-state index in [9.17, 15) is 9.90 Å². The third-order valence-corrected chi connectivity index (χ3v) is 3.74. The monoisotopic (exact) mass is 319 g/mol. The van der Waals surface area contributed by atoms with Crippen LogP contribution in [0.3, 0.4) is 0 Å². The van der Waals surface area contributed by atoms with E-state index in [4.69, 9.17) is 0 Å². The van der Waals surface area contributed by atoms with Crippen LogP contribution in [0.5, 0.6) is 0 Å². The molecule has 5 nitrogen and oxygen atoms in total. The van der Waals surface area contributed by atoms with Gasteiger partial charge >= 0.3 is 5.97 Å². The van der Waals surface area contributed by atoms with Gasteiger partial charge in [-0.05, 0) is 25.1 Å². The Bertz CT molecular complexity index is 879. The van der Waals surface area contributed by atoms with Crippen molar-refractivity contribution in [3.05, 3.63) is 71.9 Å². The highest BCUT2D eigenvalue weighted by molar-refractivity contribution is 5.94. The van der Waals surface area contributed by atoms with Crippen LogP contribution in [0.1, 0.15) is 15.9 Å². The Morgan fingerprint density at radius 1 is 1.08 bits per heavy atom. The predicted octanol–water partition coefficient (Wildman–Crippen LogP) is 3.92. The van der Waals surface area contributed by atoms with Gasteiger partial charge < -0.3 is 10.0 Å². The molecule has 0 saturated carbocycles. The van der Waals surface area contributed by atoms with Crippen molar-refractivity contribution in [1.82, 2.24) is 9.97 Å². The van der Waals surface area contributed by atoms with Gasteiger partial charge in [-0.25, -0.2) is 14.8 Å². The summed E-state index contributed by atoms with van der Waals surface area (Å²) in [5, 5.41) is 9.46. The molecular formula is C19H17N3O2. The molecule has 1 N–H and O–H groups in total. The van der Waals surface area contributed by atoms with E-state index in [2.05, 4.69) is 9.97 Å². The third kappa shape index (κ3) is 3.10. The number of carboxylic acids is 1. The predicted molar refractivity (Wildman–Crippen MR) is 93.7 cm³/mol. The highest BCUT2D eigenvalue weighted by atomic mass is 16.4. The van der Waals surface area contributed by atoms with Gasteiger partial charge in [0.25, 0.3) is 0 Å². The summed E-state index contributed by atoms with van der Waals surface area (Å²) in [4.78, 5) is 22.1. The molecule has 0 amide bonds. The maximum atomic E-state index is 11.6. The molecule has 1 aromatic heterocycles. The lowest BCUT2D eigenvalue weighted by Crippen LogP contribution is -2.17. The van der Waals surface area contributed by atoms with Crippen LogP contribution < -0.4 is 4.90 Å². The number of aryl methyl sites for hydroxylation is 1. The standard InChI is InChI=1S/C19H17N3O2/c1-13-7-6-8-14(11-13)17-20-12-16(19(23)24)18(21-17)22(2)15-9-4-3-5-10-15/h3-12H,1-2H3,(H,23,24). The second-order valence-corrected chi connectivity index (χ2v) is 5.50. The number of carboxylic acid groups (broad SMARTS) is 1. The Balaban J connectivity index is 2.12. The number of para-hydroxylation sites is 1. The summed E-state index contributed by atoms with van der Waals surface area (Å²) in [7, 11) is 1.80. The van der Waals surface area contributed by atoms with Crippen molar-refractivity contribution in [2.75, 3.05) is 11.9 Å². The number of hydrogen-bond donors (Lipinski definition) is 1. The maximum absolute atomic E-state index is 11.6. The van der Waals surface area contributed by atoms with Crippen LogP contribution in [0.2, 0.25) is 0 Å². The van der Waals surface area contributed by atoms with Crippen LogP contribution in [0.4, 0.5) is 11.5 Å². The molecule has 0 aliphatic heterocycles. The quantitative estimate of drug-likeness (QED) is 0.789. The fourth-order valence-electron chi connectivity index (χ4n) is 2.48. The Hall–Kier alpha value is -3.21. The van der Waals surface area contributed by atoms with Crippen molar-refractivity contribution in [2.45, 2.75) is 6.92 Å². The fourth-order valence-corrected chi connectivity index (χ4v) is 2.48. The molecule has 0 bridgehead atoms. The van der Waals surface area contributed by atoms with Crippen LogP contribution in [0, 0.1) is 6.92 Å². The molecule has 0 saturated heterocycles. The molecule has 3 aromatic rings. The van der Waals surface area contributed by atoms with E-state index in [-0.39, 0.29) is 5.56 Å². The third-order valence-electron chi connectivity index (χ3n) is 3.74. The zero-order valence-corrected chi connectivity index (χ0v) is 13.5. The summed E-state index contributed by atoms with van der Waals surface area (Å²) in [6, 6.07) is 17.3. The lowest BCUT2D eigenvalue weighted by atomic mass is 10.1. The fraction of sp³-hybridized carbons (Fsp3) is 0.105. The van der Waals surface area contributed by atoms with Crippen molar-refractivity contribution in [2.24, 2.45) is 0 Å². The van der Waals surface area contributed by atoms with Crippen molar-refractivity contribution in [1.29, 1.82) is 0 Å². The minimum Gasteiger partial charge on any atom is -0.477 e. The van der Waals surface area contributed by atoms with Gasteiger partial charge in [-0.1, -0.05) is 42.0 Å². The molecule has 0 atom stereocenters. The number of rotatable bonds is 4. The van der Waals surface area contributed by atoms with Crippen LogP contribution in [-0.4, -0.2) is 28.1 Å². The zero-order valence-electron chi connectivity index (χ0n) is 13.5. The highest BCUT2D eigenvalue weighted by Crippen LogP contribution is 2.27. The summed E-state index contributed by atoms with van der Waals surface area (Å²) in [6.45, 7) is 1.99. The van der Waals surface area contributed by atoms with E-state index in [1.807, 2.05) is 61.5 Å². The molecule has 24 heavy (non-hydrogen) atoms. The average molecular weight is 319 g/mol. The van der Waals surface area contributed by atoms with Gasteiger partial charge in [0.2, 0.25) is 0 Å². The number of carbonyl (C=O) groups is 1. The van der Waals surface area contributed by atoms with Crippen LogP contribution >= 0.6 is 0 Å². The number of nitrogens with zero attached hydrogens (tertiary/aromatic N) is 3. The zero-order chi connectivity index (χ0) is 17.1. The Labute approximate surface area is 140 Å². The molecular weight excluding hydrogens is 302 g/mol. The molecule has 3 rings (SSSR count). The lowest BCUT2D eigenvalue weighted by molar-refractivity contribution is 0.0697. The number of aromatic carboxylic acids is 1. The van der Waals surface area contributed by atoms with E-state index >= 15 is 0 Å². The molecule has 0 fully saturated rings. The number of anilines is 2. The molecule has 0 unspecified atom stereocenters. The first-order valence-electron chi connectivity index (χ1n) is 7.52. The van der Waals surface area contributed by atoms with Crippen molar-refractivity contribution in [3.8, 4) is 11.4 Å². The first-order valence-corrected chi connectivity index (χ1v) is 7.52. The summed E-state index contributed by atoms with van der Waals surface area (Å²) in [5.74, 6) is -0.190. The minimum atomic E-state index is -1.05. The summed E-state index contributed by atoms with van der Waals surface area (Å²) < 4.78 is 0.